The minimum Gasteiger partial charge on any atom is -0.344 e. The molecule has 0 fully saturated rings. The van der Waals surface area contributed by atoms with Crippen LogP contribution < -0.4 is 10.2 Å². The molecule has 0 radical (unpaired) electrons. The number of anilines is 1. The predicted molar refractivity (Wildman–Crippen MR) is 74.9 cm³/mol. The average molecular weight is 271 g/mol. The maximum Gasteiger partial charge on any atom is 0.249 e. The Morgan fingerprint density at radius 3 is 2.90 bits per heavy atom. The highest BCUT2D eigenvalue weighted by Crippen LogP contribution is 2.32. The molecule has 5 heteroatoms. The van der Waals surface area contributed by atoms with Crippen LogP contribution in [0.1, 0.15) is 25.8 Å². The number of nitrogens with one attached hydrogen (secondary N) is 1. The van der Waals surface area contributed by atoms with E-state index >= 15 is 0 Å². The van der Waals surface area contributed by atoms with Gasteiger partial charge in [-0.3, -0.25) is 9.59 Å². The fourth-order valence-electron chi connectivity index (χ4n) is 2.54. The fourth-order valence-corrected chi connectivity index (χ4v) is 2.54. The number of hydrogen-bond donors (Lipinski definition) is 1. The molecule has 104 valence electrons. The van der Waals surface area contributed by atoms with Gasteiger partial charge in [-0.25, -0.2) is 0 Å². The molecular formula is C15H17N3O2. The molecule has 2 atom stereocenters. The maximum atomic E-state index is 12.5. The molecule has 1 aliphatic heterocycles. The summed E-state index contributed by atoms with van der Waals surface area (Å²) < 4.78 is 0. The third-order valence-electron chi connectivity index (χ3n) is 3.43. The van der Waals surface area contributed by atoms with Crippen molar-refractivity contribution in [3.63, 3.8) is 0 Å². The number of nitriles is 1. The number of hydrogen-bond acceptors (Lipinski definition) is 3. The third kappa shape index (κ3) is 2.64. The number of rotatable bonds is 3. The largest absolute Gasteiger partial charge is 0.344 e. The van der Waals surface area contributed by atoms with Gasteiger partial charge < -0.3 is 10.2 Å². The van der Waals surface area contributed by atoms with E-state index < -0.39 is 11.9 Å². The summed E-state index contributed by atoms with van der Waals surface area (Å²) in [6.07, 6.45) is 0.588. The van der Waals surface area contributed by atoms with Crippen molar-refractivity contribution in [3.05, 3.63) is 29.8 Å². The van der Waals surface area contributed by atoms with Gasteiger partial charge in [0.2, 0.25) is 11.8 Å². The van der Waals surface area contributed by atoms with Crippen LogP contribution in [-0.4, -0.2) is 23.9 Å². The van der Waals surface area contributed by atoms with Crippen LogP contribution in [0.15, 0.2) is 24.3 Å². The van der Waals surface area contributed by atoms with Gasteiger partial charge >= 0.3 is 0 Å². The average Bonchev–Trinajstić information content (AvgIpc) is 2.73. The van der Waals surface area contributed by atoms with Crippen LogP contribution in [0.4, 0.5) is 5.69 Å². The van der Waals surface area contributed by atoms with Crippen molar-refractivity contribution in [2.75, 3.05) is 4.90 Å². The quantitative estimate of drug-likeness (QED) is 0.902. The minimum atomic E-state index is -0.635. The molecule has 0 unspecified atom stereocenters. The molecule has 1 aliphatic rings. The van der Waals surface area contributed by atoms with Gasteiger partial charge in [-0.1, -0.05) is 18.2 Å². The molecule has 1 N–H and O–H groups in total. The summed E-state index contributed by atoms with van der Waals surface area (Å²) in [5.41, 5.74) is 2.05. The summed E-state index contributed by atoms with van der Waals surface area (Å²) in [5, 5.41) is 11.0. The second kappa shape index (κ2) is 5.74. The van der Waals surface area contributed by atoms with Gasteiger partial charge in [0.25, 0.3) is 0 Å². The molecular weight excluding hydrogens is 254 g/mol. The van der Waals surface area contributed by atoms with E-state index in [2.05, 4.69) is 5.32 Å². The molecule has 5 nitrogen and oxygen atoms in total. The van der Waals surface area contributed by atoms with Crippen LogP contribution in [0.3, 0.4) is 0 Å². The molecule has 2 rings (SSSR count). The van der Waals surface area contributed by atoms with E-state index in [0.717, 1.165) is 17.7 Å². The van der Waals surface area contributed by atoms with Crippen LogP contribution in [-0.2, 0) is 16.0 Å². The normalized spacial score (nSPS) is 18.1. The maximum absolute atomic E-state index is 12.5. The zero-order chi connectivity index (χ0) is 14.7. The Labute approximate surface area is 118 Å². The molecule has 0 bridgehead atoms. The van der Waals surface area contributed by atoms with Crippen LogP contribution in [0.25, 0.3) is 0 Å². The van der Waals surface area contributed by atoms with E-state index in [0.29, 0.717) is 0 Å². The van der Waals surface area contributed by atoms with Crippen molar-refractivity contribution in [2.45, 2.75) is 38.8 Å². The van der Waals surface area contributed by atoms with E-state index in [9.17, 15) is 9.59 Å². The fraction of sp³-hybridized carbons (Fsp3) is 0.400. The standard InChI is InChI=1S/C15H17N3O2/c1-10-9-12-5-3-4-6-13(12)18(10)15(20)11(2)17-14(19)7-8-16/h3-6,10-11H,7,9H2,1-2H3,(H,17,19)/t10-,11-/m1/s1. The molecule has 2 amide bonds. The second-order valence-corrected chi connectivity index (χ2v) is 5.01. The predicted octanol–water partition coefficient (Wildman–Crippen LogP) is 1.38. The topological polar surface area (TPSA) is 73.2 Å². The van der Waals surface area contributed by atoms with Gasteiger partial charge in [-0.15, -0.1) is 0 Å². The van der Waals surface area contributed by atoms with Crippen LogP contribution in [0.2, 0.25) is 0 Å². The van der Waals surface area contributed by atoms with E-state index in [4.69, 9.17) is 5.26 Å². The summed E-state index contributed by atoms with van der Waals surface area (Å²) in [5.74, 6) is -0.567. The van der Waals surface area contributed by atoms with Crippen LogP contribution in [0.5, 0.6) is 0 Å². The van der Waals surface area contributed by atoms with E-state index in [1.54, 1.807) is 17.9 Å². The summed E-state index contributed by atoms with van der Waals surface area (Å²) >= 11 is 0. The Morgan fingerprint density at radius 1 is 1.50 bits per heavy atom. The highest BCUT2D eigenvalue weighted by Gasteiger charge is 2.33. The number of fused-ring (bicyclic) bond motifs is 1. The lowest BCUT2D eigenvalue weighted by molar-refractivity contribution is -0.126. The Balaban J connectivity index is 2.13. The number of nitrogens with zero attached hydrogens (tertiary/aromatic N) is 2. The lowest BCUT2D eigenvalue weighted by Crippen LogP contribution is -2.48. The lowest BCUT2D eigenvalue weighted by atomic mass is 10.1. The number of para-hydroxylation sites is 1. The molecule has 0 spiro atoms. The van der Waals surface area contributed by atoms with Crippen molar-refractivity contribution >= 4 is 17.5 Å². The number of carbonyl (C=O) groups is 2. The zero-order valence-corrected chi connectivity index (χ0v) is 11.6. The van der Waals surface area contributed by atoms with Gasteiger partial charge in [0.05, 0.1) is 6.07 Å². The van der Waals surface area contributed by atoms with Crippen molar-refractivity contribution in [1.29, 1.82) is 5.26 Å². The Kier molecular flexibility index (Phi) is 4.04. The first-order chi connectivity index (χ1) is 9.54. The first-order valence-electron chi connectivity index (χ1n) is 6.62. The van der Waals surface area contributed by atoms with Crippen molar-refractivity contribution in [2.24, 2.45) is 0 Å². The monoisotopic (exact) mass is 271 g/mol. The SMILES string of the molecule is C[C@@H]1Cc2ccccc2N1C(=O)[C@@H](C)NC(=O)CC#N. The smallest absolute Gasteiger partial charge is 0.249 e. The minimum absolute atomic E-state index is 0.0789. The van der Waals surface area contributed by atoms with E-state index in [1.807, 2.05) is 31.2 Å². The Morgan fingerprint density at radius 2 is 2.20 bits per heavy atom. The highest BCUT2D eigenvalue weighted by atomic mass is 16.2. The number of benzene rings is 1. The van der Waals surface area contributed by atoms with Gasteiger partial charge in [0.1, 0.15) is 12.5 Å². The first-order valence-corrected chi connectivity index (χ1v) is 6.62. The first kappa shape index (κ1) is 14.1. The summed E-state index contributed by atoms with van der Waals surface area (Å²) in [4.78, 5) is 25.6. The van der Waals surface area contributed by atoms with Crippen molar-refractivity contribution in [1.82, 2.24) is 5.32 Å². The summed E-state index contributed by atoms with van der Waals surface area (Å²) in [6, 6.07) is 9.00. The number of amides is 2. The Hall–Kier alpha value is -2.35. The highest BCUT2D eigenvalue weighted by molar-refractivity contribution is 6.01. The van der Waals surface area contributed by atoms with Crippen molar-refractivity contribution in [3.8, 4) is 6.07 Å². The van der Waals surface area contributed by atoms with Gasteiger partial charge in [0.15, 0.2) is 0 Å². The molecule has 0 saturated heterocycles. The molecule has 0 aromatic heterocycles. The molecule has 0 aliphatic carbocycles. The number of carbonyl (C=O) groups excluding carboxylic acids is 2. The third-order valence-corrected chi connectivity index (χ3v) is 3.43. The second-order valence-electron chi connectivity index (χ2n) is 5.01. The van der Waals surface area contributed by atoms with Crippen LogP contribution in [0, 0.1) is 11.3 Å². The molecule has 20 heavy (non-hydrogen) atoms. The molecule has 1 aromatic rings. The summed E-state index contributed by atoms with van der Waals surface area (Å²) in [7, 11) is 0. The molecule has 1 aromatic carbocycles. The van der Waals surface area contributed by atoms with Gasteiger partial charge in [0, 0.05) is 11.7 Å². The van der Waals surface area contributed by atoms with Gasteiger partial charge in [-0.2, -0.15) is 5.26 Å². The van der Waals surface area contributed by atoms with E-state index in [1.165, 1.54) is 0 Å². The molecule has 1 heterocycles. The summed E-state index contributed by atoms with van der Waals surface area (Å²) in [6.45, 7) is 3.63. The van der Waals surface area contributed by atoms with Gasteiger partial charge in [-0.05, 0) is 31.9 Å². The Bertz CT molecular complexity index is 577. The zero-order valence-electron chi connectivity index (χ0n) is 11.6. The molecule has 0 saturated carbocycles. The lowest BCUT2D eigenvalue weighted by Gasteiger charge is -2.26. The van der Waals surface area contributed by atoms with Crippen molar-refractivity contribution < 1.29 is 9.59 Å². The van der Waals surface area contributed by atoms with Crippen LogP contribution >= 0.6 is 0 Å². The van der Waals surface area contributed by atoms with E-state index in [-0.39, 0.29) is 18.4 Å².